The number of benzene rings is 2. The van der Waals surface area contributed by atoms with Gasteiger partial charge >= 0.3 is 0 Å². The van der Waals surface area contributed by atoms with Gasteiger partial charge in [0.15, 0.2) is 6.10 Å². The quantitative estimate of drug-likeness (QED) is 0.697. The fourth-order valence-electron chi connectivity index (χ4n) is 3.84. The van der Waals surface area contributed by atoms with Crippen molar-refractivity contribution in [3.63, 3.8) is 0 Å². The van der Waals surface area contributed by atoms with Gasteiger partial charge < -0.3 is 15.4 Å². The standard InChI is InChI=1S/C21H21ClFN3O5S/c1-11-8-16-18(31-12(2)20(27)25-16)10-19(11)32(29,30)26-7-3-4-17(26)21(28)24-15-6-5-13(23)9-14(15)22/h5-6,8-10,12,17H,3-4,7H2,1-2H3,(H,24,28)(H,25,27). The summed E-state index contributed by atoms with van der Waals surface area (Å²) in [7, 11) is -4.05. The topological polar surface area (TPSA) is 105 Å². The minimum Gasteiger partial charge on any atom is -0.479 e. The number of sulfonamides is 1. The van der Waals surface area contributed by atoms with Crippen LogP contribution in [0.3, 0.4) is 0 Å². The van der Waals surface area contributed by atoms with Crippen LogP contribution in [0.1, 0.15) is 25.3 Å². The molecule has 0 radical (unpaired) electrons. The second kappa shape index (κ2) is 8.34. The molecule has 2 atom stereocenters. The molecule has 2 aliphatic heterocycles. The molecule has 2 N–H and O–H groups in total. The lowest BCUT2D eigenvalue weighted by atomic mass is 10.1. The summed E-state index contributed by atoms with van der Waals surface area (Å²) in [6, 6.07) is 5.51. The van der Waals surface area contributed by atoms with Crippen molar-refractivity contribution >= 4 is 44.8 Å². The fraction of sp³-hybridized carbons (Fsp3) is 0.333. The van der Waals surface area contributed by atoms with Crippen molar-refractivity contribution in [1.82, 2.24) is 4.31 Å². The van der Waals surface area contributed by atoms with Gasteiger partial charge in [0.25, 0.3) is 5.91 Å². The largest absolute Gasteiger partial charge is 0.479 e. The van der Waals surface area contributed by atoms with Crippen LogP contribution >= 0.6 is 11.6 Å². The van der Waals surface area contributed by atoms with Crippen LogP contribution in [-0.4, -0.2) is 43.2 Å². The summed E-state index contributed by atoms with van der Waals surface area (Å²) in [4.78, 5) is 24.7. The maximum Gasteiger partial charge on any atom is 0.265 e. The number of nitrogens with zero attached hydrogens (tertiary/aromatic N) is 1. The number of fused-ring (bicyclic) bond motifs is 1. The van der Waals surface area contributed by atoms with E-state index in [1.807, 2.05) is 0 Å². The summed E-state index contributed by atoms with van der Waals surface area (Å²) in [5, 5.41) is 5.30. The average Bonchev–Trinajstić information content (AvgIpc) is 3.22. The highest BCUT2D eigenvalue weighted by molar-refractivity contribution is 7.89. The SMILES string of the molecule is Cc1cc2c(cc1S(=O)(=O)N1CCCC1C(=O)Nc1ccc(F)cc1Cl)OC(C)C(=O)N2. The number of aryl methyl sites for hydroxylation is 1. The lowest BCUT2D eigenvalue weighted by Gasteiger charge is -2.27. The van der Waals surface area contributed by atoms with Crippen LogP contribution in [0.25, 0.3) is 0 Å². The Balaban J connectivity index is 1.63. The Morgan fingerprint density at radius 1 is 1.31 bits per heavy atom. The van der Waals surface area contributed by atoms with Crippen molar-refractivity contribution in [2.24, 2.45) is 0 Å². The Morgan fingerprint density at radius 3 is 2.78 bits per heavy atom. The number of nitrogens with one attached hydrogen (secondary N) is 2. The molecule has 0 aromatic heterocycles. The Kier molecular flexibility index (Phi) is 5.87. The molecule has 2 unspecified atom stereocenters. The Labute approximate surface area is 189 Å². The van der Waals surface area contributed by atoms with Gasteiger partial charge in [0.2, 0.25) is 15.9 Å². The van der Waals surface area contributed by atoms with E-state index in [0.717, 1.165) is 16.4 Å². The first-order chi connectivity index (χ1) is 15.1. The van der Waals surface area contributed by atoms with Crippen molar-refractivity contribution in [2.45, 2.75) is 43.7 Å². The first kappa shape index (κ1) is 22.5. The second-order valence-electron chi connectivity index (χ2n) is 7.75. The van der Waals surface area contributed by atoms with Gasteiger partial charge in [-0.2, -0.15) is 4.31 Å². The summed E-state index contributed by atoms with van der Waals surface area (Å²) in [6.45, 7) is 3.34. The highest BCUT2D eigenvalue weighted by Crippen LogP contribution is 2.37. The van der Waals surface area contributed by atoms with Gasteiger partial charge in [0.1, 0.15) is 17.6 Å². The molecule has 2 aromatic rings. The zero-order valence-corrected chi connectivity index (χ0v) is 18.9. The third-order valence-corrected chi connectivity index (χ3v) is 7.85. The van der Waals surface area contributed by atoms with Gasteiger partial charge in [-0.05, 0) is 56.5 Å². The number of carbonyl (C=O) groups excluding carboxylic acids is 2. The van der Waals surface area contributed by atoms with Crippen molar-refractivity contribution < 1.29 is 27.1 Å². The molecule has 0 spiro atoms. The van der Waals surface area contributed by atoms with Crippen LogP contribution in [0.5, 0.6) is 5.75 Å². The first-order valence-corrected chi connectivity index (χ1v) is 11.8. The molecule has 2 amide bonds. The molecule has 2 heterocycles. The monoisotopic (exact) mass is 481 g/mol. The molecule has 1 saturated heterocycles. The highest BCUT2D eigenvalue weighted by atomic mass is 35.5. The van der Waals surface area contributed by atoms with Crippen LogP contribution in [0.15, 0.2) is 35.2 Å². The molecule has 0 aliphatic carbocycles. The molecular weight excluding hydrogens is 461 g/mol. The number of amides is 2. The predicted molar refractivity (Wildman–Crippen MR) is 117 cm³/mol. The van der Waals surface area contributed by atoms with E-state index in [1.165, 1.54) is 18.2 Å². The van der Waals surface area contributed by atoms with Crippen molar-refractivity contribution in [2.75, 3.05) is 17.2 Å². The van der Waals surface area contributed by atoms with Crippen molar-refractivity contribution in [1.29, 1.82) is 0 Å². The second-order valence-corrected chi connectivity index (χ2v) is 10.0. The lowest BCUT2D eigenvalue weighted by Crippen LogP contribution is -2.43. The molecule has 170 valence electrons. The van der Waals surface area contributed by atoms with E-state index in [4.69, 9.17) is 16.3 Å². The summed E-state index contributed by atoms with van der Waals surface area (Å²) in [5.41, 5.74) is 1.01. The summed E-state index contributed by atoms with van der Waals surface area (Å²) in [5.74, 6) is -1.16. The molecule has 8 nitrogen and oxygen atoms in total. The smallest absolute Gasteiger partial charge is 0.265 e. The van der Waals surface area contributed by atoms with Crippen LogP contribution in [0.2, 0.25) is 5.02 Å². The number of ether oxygens (including phenoxy) is 1. The Morgan fingerprint density at radius 2 is 2.06 bits per heavy atom. The molecule has 2 aliphatic rings. The summed E-state index contributed by atoms with van der Waals surface area (Å²) >= 11 is 5.98. The number of anilines is 2. The van der Waals surface area contributed by atoms with Gasteiger partial charge in [-0.1, -0.05) is 11.6 Å². The maximum atomic E-state index is 13.5. The lowest BCUT2D eigenvalue weighted by molar-refractivity contribution is -0.122. The maximum absolute atomic E-state index is 13.5. The van der Waals surface area contributed by atoms with E-state index in [1.54, 1.807) is 13.8 Å². The average molecular weight is 482 g/mol. The zero-order chi connectivity index (χ0) is 23.2. The van der Waals surface area contributed by atoms with E-state index >= 15 is 0 Å². The molecule has 4 rings (SSSR count). The minimum atomic E-state index is -4.05. The van der Waals surface area contributed by atoms with Gasteiger partial charge in [-0.15, -0.1) is 0 Å². The fourth-order valence-corrected chi connectivity index (χ4v) is 5.94. The van der Waals surface area contributed by atoms with Crippen LogP contribution in [0, 0.1) is 12.7 Å². The molecular formula is C21H21ClFN3O5S. The van der Waals surface area contributed by atoms with E-state index in [-0.39, 0.29) is 33.8 Å². The summed E-state index contributed by atoms with van der Waals surface area (Å²) in [6.07, 6.45) is 0.0750. The highest BCUT2D eigenvalue weighted by Gasteiger charge is 2.41. The van der Waals surface area contributed by atoms with Gasteiger partial charge in [0.05, 0.1) is 21.3 Å². The Hall–Kier alpha value is -2.69. The minimum absolute atomic E-state index is 0.000821. The third-order valence-electron chi connectivity index (χ3n) is 5.49. The molecule has 32 heavy (non-hydrogen) atoms. The van der Waals surface area contributed by atoms with Crippen LogP contribution in [0.4, 0.5) is 15.8 Å². The molecule has 0 saturated carbocycles. The van der Waals surface area contributed by atoms with Crippen LogP contribution in [-0.2, 0) is 19.6 Å². The zero-order valence-electron chi connectivity index (χ0n) is 17.3. The van der Waals surface area contributed by atoms with Crippen molar-refractivity contribution in [3.05, 3.63) is 46.7 Å². The number of hydrogen-bond acceptors (Lipinski definition) is 5. The molecule has 1 fully saturated rings. The van der Waals surface area contributed by atoms with E-state index in [2.05, 4.69) is 10.6 Å². The van der Waals surface area contributed by atoms with Crippen molar-refractivity contribution in [3.8, 4) is 5.75 Å². The summed E-state index contributed by atoms with van der Waals surface area (Å²) < 4.78 is 47.0. The van der Waals surface area contributed by atoms with Gasteiger partial charge in [-0.3, -0.25) is 9.59 Å². The number of halogens is 2. The molecule has 2 aromatic carbocycles. The molecule has 11 heteroatoms. The van der Waals surface area contributed by atoms with Crippen LogP contribution < -0.4 is 15.4 Å². The normalized spacial score (nSPS) is 20.9. The number of hydrogen-bond donors (Lipinski definition) is 2. The van der Waals surface area contributed by atoms with Gasteiger partial charge in [0, 0.05) is 12.6 Å². The van der Waals surface area contributed by atoms with Gasteiger partial charge in [-0.25, -0.2) is 12.8 Å². The number of carbonyl (C=O) groups is 2. The number of rotatable bonds is 4. The molecule has 0 bridgehead atoms. The van der Waals surface area contributed by atoms with E-state index in [0.29, 0.717) is 24.1 Å². The predicted octanol–water partition coefficient (Wildman–Crippen LogP) is 3.30. The first-order valence-electron chi connectivity index (χ1n) is 9.98. The third kappa shape index (κ3) is 4.05. The van der Waals surface area contributed by atoms with E-state index in [9.17, 15) is 22.4 Å². The van der Waals surface area contributed by atoms with E-state index < -0.39 is 33.9 Å². The Bertz CT molecular complexity index is 1220.